The number of nitrogens with two attached hydrogens (primary N) is 1. The largest absolute Gasteiger partial charge is 0.455 e. The number of hydrogen-bond acceptors (Lipinski definition) is 5. The van der Waals surface area contributed by atoms with Crippen LogP contribution < -0.4 is 10.0 Å². The highest BCUT2D eigenvalue weighted by Crippen LogP contribution is 2.33. The second-order valence-electron chi connectivity index (χ2n) is 6.69. The summed E-state index contributed by atoms with van der Waals surface area (Å²) in [6.07, 6.45) is 0.309. The number of nitrogens with zero attached hydrogens (tertiary/aromatic N) is 1. The van der Waals surface area contributed by atoms with Gasteiger partial charge in [0.15, 0.2) is 6.61 Å². The van der Waals surface area contributed by atoms with Gasteiger partial charge in [0.25, 0.3) is 5.91 Å². The van der Waals surface area contributed by atoms with Crippen LogP contribution in [0.4, 0.5) is 5.69 Å². The SMILES string of the molecule is CC1Cc2cc(S(N)(=O)=O)ccc2N1C(=O)COC(=O)Cc1c(Cl)cccc1Cl. The molecule has 0 radical (unpaired) electrons. The van der Waals surface area contributed by atoms with Gasteiger partial charge in [-0.15, -0.1) is 0 Å². The van der Waals surface area contributed by atoms with Gasteiger partial charge in [0.2, 0.25) is 10.0 Å². The monoisotopic (exact) mass is 456 g/mol. The predicted molar refractivity (Wildman–Crippen MR) is 110 cm³/mol. The number of primary sulfonamides is 1. The van der Waals surface area contributed by atoms with E-state index >= 15 is 0 Å². The Bertz CT molecular complexity index is 1070. The van der Waals surface area contributed by atoms with E-state index in [1.54, 1.807) is 18.2 Å². The first-order valence-corrected chi connectivity index (χ1v) is 10.9. The minimum atomic E-state index is -3.83. The molecule has 0 spiro atoms. The fraction of sp³-hybridized carbons (Fsp3) is 0.263. The van der Waals surface area contributed by atoms with Gasteiger partial charge >= 0.3 is 5.97 Å². The summed E-state index contributed by atoms with van der Waals surface area (Å²) in [7, 11) is -3.83. The minimum absolute atomic E-state index is 0.0132. The van der Waals surface area contributed by atoms with Crippen molar-refractivity contribution in [2.24, 2.45) is 5.14 Å². The number of sulfonamides is 1. The third-order valence-electron chi connectivity index (χ3n) is 4.60. The Kier molecular flexibility index (Phi) is 6.19. The highest BCUT2D eigenvalue weighted by Gasteiger charge is 2.32. The molecule has 0 saturated heterocycles. The number of halogens is 2. The molecular weight excluding hydrogens is 439 g/mol. The molecular formula is C19H18Cl2N2O5S. The zero-order valence-corrected chi connectivity index (χ0v) is 17.7. The molecule has 10 heteroatoms. The molecule has 7 nitrogen and oxygen atoms in total. The van der Waals surface area contributed by atoms with Gasteiger partial charge in [-0.3, -0.25) is 9.59 Å². The lowest BCUT2D eigenvalue weighted by Crippen LogP contribution is -2.38. The van der Waals surface area contributed by atoms with Crippen LogP contribution in [0.5, 0.6) is 0 Å². The number of hydrogen-bond donors (Lipinski definition) is 1. The van der Waals surface area contributed by atoms with Crippen molar-refractivity contribution in [1.29, 1.82) is 0 Å². The van der Waals surface area contributed by atoms with E-state index in [1.807, 2.05) is 6.92 Å². The van der Waals surface area contributed by atoms with Crippen LogP contribution in [-0.4, -0.2) is 32.9 Å². The van der Waals surface area contributed by atoms with E-state index in [4.69, 9.17) is 33.1 Å². The summed E-state index contributed by atoms with van der Waals surface area (Å²) in [6, 6.07) is 9.00. The lowest BCUT2D eigenvalue weighted by Gasteiger charge is -2.22. The summed E-state index contributed by atoms with van der Waals surface area (Å²) in [6.45, 7) is 1.36. The molecule has 154 valence electrons. The molecule has 1 atom stereocenters. The first kappa shape index (κ1) is 21.6. The Balaban J connectivity index is 1.68. The number of anilines is 1. The molecule has 0 aliphatic carbocycles. The fourth-order valence-electron chi connectivity index (χ4n) is 3.27. The topological polar surface area (TPSA) is 107 Å². The molecule has 1 heterocycles. The molecule has 0 saturated carbocycles. The van der Waals surface area contributed by atoms with E-state index in [9.17, 15) is 18.0 Å². The van der Waals surface area contributed by atoms with Crippen LogP contribution in [0.3, 0.4) is 0 Å². The third-order valence-corrected chi connectivity index (χ3v) is 6.22. The number of carbonyl (C=O) groups is 2. The van der Waals surface area contributed by atoms with Gasteiger partial charge in [-0.2, -0.15) is 0 Å². The lowest BCUT2D eigenvalue weighted by atomic mass is 10.1. The van der Waals surface area contributed by atoms with Crippen molar-refractivity contribution in [3.05, 3.63) is 57.6 Å². The Morgan fingerprint density at radius 2 is 1.86 bits per heavy atom. The Morgan fingerprint density at radius 1 is 1.21 bits per heavy atom. The second-order valence-corrected chi connectivity index (χ2v) is 9.07. The van der Waals surface area contributed by atoms with Crippen LogP contribution >= 0.6 is 23.2 Å². The number of carbonyl (C=O) groups excluding carboxylic acids is 2. The first-order valence-electron chi connectivity index (χ1n) is 8.64. The summed E-state index contributed by atoms with van der Waals surface area (Å²) in [5, 5.41) is 5.84. The van der Waals surface area contributed by atoms with Gasteiger partial charge in [-0.1, -0.05) is 29.3 Å². The van der Waals surface area contributed by atoms with Crippen LogP contribution in [0.25, 0.3) is 0 Å². The summed E-state index contributed by atoms with van der Waals surface area (Å²) >= 11 is 12.1. The van der Waals surface area contributed by atoms with Crippen LogP contribution in [0.15, 0.2) is 41.3 Å². The molecule has 2 aromatic carbocycles. The van der Waals surface area contributed by atoms with Gasteiger partial charge < -0.3 is 9.64 Å². The molecule has 29 heavy (non-hydrogen) atoms. The number of rotatable bonds is 5. The van der Waals surface area contributed by atoms with Crippen molar-refractivity contribution in [3.8, 4) is 0 Å². The Hall–Kier alpha value is -2.13. The smallest absolute Gasteiger partial charge is 0.310 e. The summed E-state index contributed by atoms with van der Waals surface area (Å²) in [4.78, 5) is 26.2. The van der Waals surface area contributed by atoms with E-state index in [-0.39, 0.29) is 17.4 Å². The van der Waals surface area contributed by atoms with E-state index < -0.39 is 28.5 Å². The second kappa shape index (κ2) is 8.31. The van der Waals surface area contributed by atoms with Gasteiger partial charge in [0.1, 0.15) is 0 Å². The summed E-state index contributed by atoms with van der Waals surface area (Å²) < 4.78 is 28.2. The Labute approximate surface area is 178 Å². The maximum absolute atomic E-state index is 12.6. The number of benzene rings is 2. The third kappa shape index (κ3) is 4.72. The molecule has 0 fully saturated rings. The highest BCUT2D eigenvalue weighted by molar-refractivity contribution is 7.89. The number of fused-ring (bicyclic) bond motifs is 1. The highest BCUT2D eigenvalue weighted by atomic mass is 35.5. The van der Waals surface area contributed by atoms with Crippen molar-refractivity contribution < 1.29 is 22.7 Å². The minimum Gasteiger partial charge on any atom is -0.455 e. The molecule has 3 rings (SSSR count). The fourth-order valence-corrected chi connectivity index (χ4v) is 4.37. The van der Waals surface area contributed by atoms with Gasteiger partial charge in [0.05, 0.1) is 11.3 Å². The van der Waals surface area contributed by atoms with Crippen molar-refractivity contribution in [2.75, 3.05) is 11.5 Å². The quantitative estimate of drug-likeness (QED) is 0.695. The predicted octanol–water partition coefficient (Wildman–Crippen LogP) is 2.70. The Morgan fingerprint density at radius 3 is 2.48 bits per heavy atom. The summed E-state index contributed by atoms with van der Waals surface area (Å²) in [5.41, 5.74) is 1.69. The van der Waals surface area contributed by atoms with E-state index in [0.29, 0.717) is 33.3 Å². The number of amides is 1. The standard InChI is InChI=1S/C19H18Cl2N2O5S/c1-11-7-12-8-13(29(22,26)27)5-6-17(12)23(11)18(24)10-28-19(25)9-14-15(20)3-2-4-16(14)21/h2-6,8,11H,7,9-10H2,1H3,(H2,22,26,27). The van der Waals surface area contributed by atoms with Crippen LogP contribution in [0.2, 0.25) is 10.0 Å². The summed E-state index contributed by atoms with van der Waals surface area (Å²) in [5.74, 6) is -1.05. The van der Waals surface area contributed by atoms with Crippen LogP contribution in [0.1, 0.15) is 18.1 Å². The first-order chi connectivity index (χ1) is 13.6. The van der Waals surface area contributed by atoms with E-state index in [1.165, 1.54) is 23.1 Å². The molecule has 1 amide bonds. The molecule has 0 aromatic heterocycles. The van der Waals surface area contributed by atoms with Crippen molar-refractivity contribution in [1.82, 2.24) is 0 Å². The average Bonchev–Trinajstić information content (AvgIpc) is 2.97. The van der Waals surface area contributed by atoms with Gasteiger partial charge in [-0.05, 0) is 49.2 Å². The van der Waals surface area contributed by atoms with E-state index in [2.05, 4.69) is 0 Å². The average molecular weight is 457 g/mol. The van der Waals surface area contributed by atoms with Crippen molar-refractivity contribution in [3.63, 3.8) is 0 Å². The normalized spacial score (nSPS) is 15.9. The van der Waals surface area contributed by atoms with Gasteiger partial charge in [0, 0.05) is 27.3 Å². The molecule has 1 unspecified atom stereocenters. The van der Waals surface area contributed by atoms with Gasteiger partial charge in [-0.25, -0.2) is 13.6 Å². The zero-order valence-electron chi connectivity index (χ0n) is 15.4. The molecule has 2 N–H and O–H groups in total. The number of esters is 1. The molecule has 1 aliphatic rings. The lowest BCUT2D eigenvalue weighted by molar-refractivity contribution is -0.147. The maximum atomic E-state index is 12.6. The van der Waals surface area contributed by atoms with Crippen LogP contribution in [-0.2, 0) is 37.2 Å². The maximum Gasteiger partial charge on any atom is 0.310 e. The number of ether oxygens (including phenoxy) is 1. The van der Waals surface area contributed by atoms with Crippen molar-refractivity contribution in [2.45, 2.75) is 30.7 Å². The van der Waals surface area contributed by atoms with Crippen molar-refractivity contribution >= 4 is 50.8 Å². The van der Waals surface area contributed by atoms with Crippen LogP contribution in [0, 0.1) is 0 Å². The van der Waals surface area contributed by atoms with E-state index in [0.717, 1.165) is 0 Å². The molecule has 0 bridgehead atoms. The molecule has 1 aliphatic heterocycles. The zero-order chi connectivity index (χ0) is 21.3. The molecule has 2 aromatic rings.